The molecule has 3 aromatic carbocycles. The molecule has 0 atom stereocenters. The number of amides is 2. The third kappa shape index (κ3) is 6.56. The van der Waals surface area contributed by atoms with Gasteiger partial charge in [-0.05, 0) is 89.2 Å². The van der Waals surface area contributed by atoms with Gasteiger partial charge in [0.05, 0.1) is 15.1 Å². The van der Waals surface area contributed by atoms with Gasteiger partial charge in [0.25, 0.3) is 11.1 Å². The van der Waals surface area contributed by atoms with Crippen LogP contribution in [0.25, 0.3) is 6.08 Å². The molecule has 1 fully saturated rings. The average molecular weight is 654 g/mol. The van der Waals surface area contributed by atoms with Crippen LogP contribution in [0.3, 0.4) is 0 Å². The Bertz CT molecular complexity index is 1320. The zero-order chi connectivity index (χ0) is 25.7. The summed E-state index contributed by atoms with van der Waals surface area (Å²) >= 11 is 15.4. The largest absolute Gasteiger partial charge is 0.490 e. The summed E-state index contributed by atoms with van der Waals surface area (Å²) in [5, 5.41) is 0.818. The molecule has 0 radical (unpaired) electrons. The van der Waals surface area contributed by atoms with E-state index >= 15 is 0 Å². The molecule has 2 amide bonds. The Morgan fingerprint density at radius 1 is 1.03 bits per heavy atom. The quantitative estimate of drug-likeness (QED) is 0.174. The van der Waals surface area contributed by atoms with Gasteiger partial charge in [0.15, 0.2) is 11.5 Å². The van der Waals surface area contributed by atoms with Crippen LogP contribution < -0.4 is 9.47 Å². The Labute approximate surface area is 237 Å². The van der Waals surface area contributed by atoms with E-state index in [1.54, 1.807) is 18.2 Å². The normalized spacial score (nSPS) is 14.6. The molecule has 1 aliphatic heterocycles. The summed E-state index contributed by atoms with van der Waals surface area (Å²) in [6.45, 7) is 2.91. The van der Waals surface area contributed by atoms with E-state index < -0.39 is 0 Å². The van der Waals surface area contributed by atoms with Crippen LogP contribution in [0.2, 0.25) is 10.0 Å². The van der Waals surface area contributed by atoms with Gasteiger partial charge in [0.1, 0.15) is 6.61 Å². The van der Waals surface area contributed by atoms with Crippen molar-refractivity contribution in [2.24, 2.45) is 0 Å². The highest BCUT2D eigenvalue weighted by atomic mass is 127. The number of nitrogens with zero attached hydrogens (tertiary/aromatic N) is 1. The molecule has 5 nitrogen and oxygen atoms in total. The minimum atomic E-state index is -0.286. The first-order valence-corrected chi connectivity index (χ1v) is 13.8. The number of halogens is 3. The molecule has 9 heteroatoms. The van der Waals surface area contributed by atoms with Crippen LogP contribution in [0.1, 0.15) is 23.6 Å². The van der Waals surface area contributed by atoms with Gasteiger partial charge in [0, 0.05) is 22.2 Å². The van der Waals surface area contributed by atoms with E-state index in [1.807, 2.05) is 55.5 Å². The third-order valence-electron chi connectivity index (χ3n) is 5.36. The summed E-state index contributed by atoms with van der Waals surface area (Å²) in [7, 11) is 0. The first-order chi connectivity index (χ1) is 17.4. The Hall–Kier alpha value is -2.20. The molecule has 4 rings (SSSR count). The molecule has 1 aliphatic rings. The van der Waals surface area contributed by atoms with Crippen molar-refractivity contribution >= 4 is 74.8 Å². The van der Waals surface area contributed by atoms with Crippen molar-refractivity contribution in [1.29, 1.82) is 0 Å². The van der Waals surface area contributed by atoms with Crippen molar-refractivity contribution in [2.75, 3.05) is 13.2 Å². The van der Waals surface area contributed by atoms with Crippen LogP contribution in [0.4, 0.5) is 4.79 Å². The van der Waals surface area contributed by atoms with Gasteiger partial charge in [-0.15, -0.1) is 0 Å². The van der Waals surface area contributed by atoms with E-state index in [2.05, 4.69) is 22.6 Å². The molecule has 0 spiro atoms. The van der Waals surface area contributed by atoms with Gasteiger partial charge in [-0.25, -0.2) is 0 Å². The summed E-state index contributed by atoms with van der Waals surface area (Å²) in [5.74, 6) is 0.840. The SMILES string of the molecule is CCOc1cc(/C=C2\SC(=O)N(CCc3ccccc3)C2=O)cc(I)c1OCc1ccc(Cl)cc1Cl. The Morgan fingerprint density at radius 2 is 1.81 bits per heavy atom. The fraction of sp³-hybridized carbons (Fsp3) is 0.185. The fourth-order valence-electron chi connectivity index (χ4n) is 3.59. The molecule has 36 heavy (non-hydrogen) atoms. The number of hydrogen-bond donors (Lipinski definition) is 0. The Kier molecular flexibility index (Phi) is 9.22. The predicted molar refractivity (Wildman–Crippen MR) is 154 cm³/mol. The van der Waals surface area contributed by atoms with Gasteiger partial charge in [-0.2, -0.15) is 0 Å². The standard InChI is InChI=1S/C27H22Cl2INO4S/c1-2-34-23-13-18(12-22(30)25(23)35-16-19-8-9-20(28)15-21(19)29)14-24-26(32)31(27(33)36-24)11-10-17-6-4-3-5-7-17/h3-9,12-15H,2,10-11,16H2,1H3/b24-14-. The molecule has 0 saturated carbocycles. The second-order valence-corrected chi connectivity index (χ2v) is 10.9. The maximum absolute atomic E-state index is 13.0. The minimum Gasteiger partial charge on any atom is -0.490 e. The zero-order valence-corrected chi connectivity index (χ0v) is 23.8. The van der Waals surface area contributed by atoms with Gasteiger partial charge >= 0.3 is 0 Å². The van der Waals surface area contributed by atoms with E-state index in [0.717, 1.165) is 32.0 Å². The number of carbonyl (C=O) groups is 2. The van der Waals surface area contributed by atoms with E-state index in [-0.39, 0.29) is 17.8 Å². The zero-order valence-electron chi connectivity index (χ0n) is 19.3. The molecule has 3 aromatic rings. The van der Waals surface area contributed by atoms with E-state index in [9.17, 15) is 9.59 Å². The highest BCUT2D eigenvalue weighted by Crippen LogP contribution is 2.38. The minimum absolute atomic E-state index is 0.242. The third-order valence-corrected chi connectivity index (χ3v) is 7.65. The second kappa shape index (κ2) is 12.4. The Balaban J connectivity index is 1.52. The Morgan fingerprint density at radius 3 is 2.53 bits per heavy atom. The van der Waals surface area contributed by atoms with Crippen LogP contribution in [0.15, 0.2) is 65.6 Å². The van der Waals surface area contributed by atoms with Crippen LogP contribution >= 0.6 is 57.6 Å². The van der Waals surface area contributed by atoms with E-state index in [1.165, 1.54) is 4.90 Å². The summed E-state index contributed by atoms with van der Waals surface area (Å²) in [6.07, 6.45) is 2.33. The second-order valence-electron chi connectivity index (χ2n) is 7.86. The summed E-state index contributed by atoms with van der Waals surface area (Å²) in [6, 6.07) is 18.7. The van der Waals surface area contributed by atoms with Gasteiger partial charge < -0.3 is 9.47 Å². The van der Waals surface area contributed by atoms with Crippen molar-refractivity contribution in [3.8, 4) is 11.5 Å². The highest BCUT2D eigenvalue weighted by Gasteiger charge is 2.34. The van der Waals surface area contributed by atoms with Crippen LogP contribution in [0.5, 0.6) is 11.5 Å². The number of benzene rings is 3. The monoisotopic (exact) mass is 653 g/mol. The molecule has 0 bridgehead atoms. The number of carbonyl (C=O) groups excluding carboxylic acids is 2. The van der Waals surface area contributed by atoms with Crippen LogP contribution in [0, 0.1) is 3.57 Å². The molecule has 0 unspecified atom stereocenters. The summed E-state index contributed by atoms with van der Waals surface area (Å²) < 4.78 is 12.7. The first kappa shape index (κ1) is 26.9. The lowest BCUT2D eigenvalue weighted by molar-refractivity contribution is -0.122. The number of ether oxygens (including phenoxy) is 2. The number of thioether (sulfide) groups is 1. The predicted octanol–water partition coefficient (Wildman–Crippen LogP) is 7.85. The van der Waals surface area contributed by atoms with Crippen molar-refractivity contribution in [3.05, 3.63) is 95.9 Å². The van der Waals surface area contributed by atoms with Gasteiger partial charge in [-0.3, -0.25) is 14.5 Å². The lowest BCUT2D eigenvalue weighted by Crippen LogP contribution is -2.30. The molecule has 186 valence electrons. The number of rotatable bonds is 9. The van der Waals surface area contributed by atoms with Crippen molar-refractivity contribution in [3.63, 3.8) is 0 Å². The van der Waals surface area contributed by atoms with Crippen LogP contribution in [-0.4, -0.2) is 29.2 Å². The first-order valence-electron chi connectivity index (χ1n) is 11.2. The molecule has 0 aliphatic carbocycles. The van der Waals surface area contributed by atoms with Crippen molar-refractivity contribution in [2.45, 2.75) is 20.0 Å². The summed E-state index contributed by atoms with van der Waals surface area (Å²) in [4.78, 5) is 27.2. The molecule has 0 aromatic heterocycles. The van der Waals surface area contributed by atoms with E-state index in [0.29, 0.717) is 46.0 Å². The lowest BCUT2D eigenvalue weighted by Gasteiger charge is -2.15. The maximum atomic E-state index is 13.0. The highest BCUT2D eigenvalue weighted by molar-refractivity contribution is 14.1. The molecular weight excluding hydrogens is 632 g/mol. The number of imide groups is 1. The van der Waals surface area contributed by atoms with Crippen molar-refractivity contribution in [1.82, 2.24) is 4.90 Å². The van der Waals surface area contributed by atoms with Gasteiger partial charge in [0.2, 0.25) is 0 Å². The van der Waals surface area contributed by atoms with Crippen molar-refractivity contribution < 1.29 is 19.1 Å². The van der Waals surface area contributed by atoms with Gasteiger partial charge in [-0.1, -0.05) is 59.6 Å². The molecule has 0 N–H and O–H groups in total. The molecular formula is C27H22Cl2INO4S. The smallest absolute Gasteiger partial charge is 0.293 e. The lowest BCUT2D eigenvalue weighted by atomic mass is 10.1. The van der Waals surface area contributed by atoms with E-state index in [4.69, 9.17) is 32.7 Å². The fourth-order valence-corrected chi connectivity index (χ4v) is 5.70. The maximum Gasteiger partial charge on any atom is 0.293 e. The molecule has 1 saturated heterocycles. The summed E-state index contributed by atoms with van der Waals surface area (Å²) in [5.41, 5.74) is 2.62. The van der Waals surface area contributed by atoms with Crippen LogP contribution in [-0.2, 0) is 17.8 Å². The number of hydrogen-bond acceptors (Lipinski definition) is 5. The molecule has 1 heterocycles. The topological polar surface area (TPSA) is 55.8 Å². The average Bonchev–Trinajstić information content (AvgIpc) is 3.11.